The van der Waals surface area contributed by atoms with Gasteiger partial charge in [-0.25, -0.2) is 9.37 Å². The molecule has 110 valence electrons. The molecule has 3 N–H and O–H groups in total. The molecule has 1 aromatic heterocycles. The second kappa shape index (κ2) is 6.63. The van der Waals surface area contributed by atoms with Crippen LogP contribution in [0.5, 0.6) is 0 Å². The summed E-state index contributed by atoms with van der Waals surface area (Å²) in [6.07, 6.45) is 0.757. The number of halogens is 1. The van der Waals surface area contributed by atoms with E-state index in [0.717, 1.165) is 23.2 Å². The Morgan fingerprint density at radius 3 is 2.57 bits per heavy atom. The number of nitrogens with one attached hydrogen (secondary N) is 1. The number of pyridine rings is 1. The van der Waals surface area contributed by atoms with Crippen molar-refractivity contribution in [2.45, 2.75) is 26.3 Å². The molecule has 0 saturated carbocycles. The average molecular weight is 303 g/mol. The van der Waals surface area contributed by atoms with Crippen molar-refractivity contribution in [2.75, 3.05) is 5.32 Å². The van der Waals surface area contributed by atoms with Crippen molar-refractivity contribution in [3.63, 3.8) is 0 Å². The van der Waals surface area contributed by atoms with Crippen LogP contribution in [-0.2, 0) is 6.42 Å². The van der Waals surface area contributed by atoms with E-state index in [1.807, 2.05) is 26.0 Å². The quantitative estimate of drug-likeness (QED) is 0.833. The molecule has 2 rings (SSSR count). The molecule has 1 aromatic carbocycles. The minimum absolute atomic E-state index is 0.123. The zero-order valence-electron chi connectivity index (χ0n) is 12.1. The Bertz CT molecular complexity index is 640. The molecule has 0 aliphatic heterocycles. The summed E-state index contributed by atoms with van der Waals surface area (Å²) in [6.45, 7) is 3.95. The second-order valence-electron chi connectivity index (χ2n) is 5.09. The number of hydrogen-bond donors (Lipinski definition) is 2. The van der Waals surface area contributed by atoms with Crippen LogP contribution in [0.1, 0.15) is 23.7 Å². The standard InChI is InChI=1S/C16H18FN3S/c1-10-3-8-14(15(18)21)16(19-10)20-11(2)9-12-4-6-13(17)7-5-12/h3-8,11H,9H2,1-2H3,(H2,18,21)(H,19,20). The van der Waals surface area contributed by atoms with Gasteiger partial charge in [0.2, 0.25) is 0 Å². The van der Waals surface area contributed by atoms with Gasteiger partial charge in [0.1, 0.15) is 16.6 Å². The van der Waals surface area contributed by atoms with E-state index >= 15 is 0 Å². The van der Waals surface area contributed by atoms with Gasteiger partial charge < -0.3 is 11.1 Å². The van der Waals surface area contributed by atoms with Crippen LogP contribution in [0.3, 0.4) is 0 Å². The van der Waals surface area contributed by atoms with Crippen molar-refractivity contribution in [3.8, 4) is 0 Å². The van der Waals surface area contributed by atoms with E-state index in [-0.39, 0.29) is 11.9 Å². The van der Waals surface area contributed by atoms with Gasteiger partial charge in [0.05, 0.1) is 5.56 Å². The van der Waals surface area contributed by atoms with Crippen LogP contribution < -0.4 is 11.1 Å². The lowest BCUT2D eigenvalue weighted by Gasteiger charge is -2.17. The summed E-state index contributed by atoms with van der Waals surface area (Å²) in [6, 6.07) is 10.4. The van der Waals surface area contributed by atoms with E-state index in [0.29, 0.717) is 10.8 Å². The van der Waals surface area contributed by atoms with Crippen molar-refractivity contribution in [1.29, 1.82) is 0 Å². The zero-order valence-corrected chi connectivity index (χ0v) is 12.9. The molecule has 5 heteroatoms. The molecular weight excluding hydrogens is 285 g/mol. The summed E-state index contributed by atoms with van der Waals surface area (Å²) in [5.41, 5.74) is 8.41. The maximum absolute atomic E-state index is 12.9. The third-order valence-corrected chi connectivity index (χ3v) is 3.36. The lowest BCUT2D eigenvalue weighted by Crippen LogP contribution is -2.22. The molecule has 0 amide bonds. The molecule has 1 unspecified atom stereocenters. The molecule has 1 heterocycles. The highest BCUT2D eigenvalue weighted by atomic mass is 32.1. The first-order chi connectivity index (χ1) is 9.95. The number of nitrogens with zero attached hydrogens (tertiary/aromatic N) is 1. The fourth-order valence-corrected chi connectivity index (χ4v) is 2.29. The Balaban J connectivity index is 2.12. The Morgan fingerprint density at radius 1 is 1.29 bits per heavy atom. The van der Waals surface area contributed by atoms with Gasteiger partial charge in [0.15, 0.2) is 0 Å². The normalized spacial score (nSPS) is 12.0. The Morgan fingerprint density at radius 2 is 1.95 bits per heavy atom. The highest BCUT2D eigenvalue weighted by Gasteiger charge is 2.11. The summed E-state index contributed by atoms with van der Waals surface area (Å²) in [4.78, 5) is 4.77. The van der Waals surface area contributed by atoms with Gasteiger partial charge in [-0.2, -0.15) is 0 Å². The minimum Gasteiger partial charge on any atom is -0.389 e. The number of rotatable bonds is 5. The van der Waals surface area contributed by atoms with Gasteiger partial charge >= 0.3 is 0 Å². The van der Waals surface area contributed by atoms with E-state index in [1.165, 1.54) is 12.1 Å². The molecule has 2 aromatic rings. The van der Waals surface area contributed by atoms with Gasteiger partial charge in [-0.3, -0.25) is 0 Å². The molecule has 0 spiro atoms. The molecule has 1 atom stereocenters. The first-order valence-corrected chi connectivity index (χ1v) is 7.15. The lowest BCUT2D eigenvalue weighted by molar-refractivity contribution is 0.626. The lowest BCUT2D eigenvalue weighted by atomic mass is 10.1. The molecule has 0 aliphatic carbocycles. The van der Waals surface area contributed by atoms with Gasteiger partial charge in [-0.15, -0.1) is 0 Å². The first kappa shape index (κ1) is 15.4. The van der Waals surface area contributed by atoms with Crippen molar-refractivity contribution in [1.82, 2.24) is 4.98 Å². The van der Waals surface area contributed by atoms with Crippen LogP contribution in [-0.4, -0.2) is 16.0 Å². The third-order valence-electron chi connectivity index (χ3n) is 3.14. The molecule has 3 nitrogen and oxygen atoms in total. The van der Waals surface area contributed by atoms with Gasteiger partial charge in [-0.1, -0.05) is 24.4 Å². The minimum atomic E-state index is -0.226. The van der Waals surface area contributed by atoms with Crippen molar-refractivity contribution >= 4 is 23.0 Å². The topological polar surface area (TPSA) is 50.9 Å². The highest BCUT2D eigenvalue weighted by Crippen LogP contribution is 2.16. The van der Waals surface area contributed by atoms with Gasteiger partial charge in [0, 0.05) is 11.7 Å². The molecule has 0 bridgehead atoms. The average Bonchev–Trinajstić information content (AvgIpc) is 2.41. The zero-order chi connectivity index (χ0) is 15.4. The summed E-state index contributed by atoms with van der Waals surface area (Å²) >= 11 is 5.05. The van der Waals surface area contributed by atoms with Crippen molar-refractivity contribution < 1.29 is 4.39 Å². The third kappa shape index (κ3) is 4.23. The van der Waals surface area contributed by atoms with Gasteiger partial charge in [0.25, 0.3) is 0 Å². The number of aryl methyl sites for hydroxylation is 1. The van der Waals surface area contributed by atoms with Crippen LogP contribution >= 0.6 is 12.2 Å². The van der Waals surface area contributed by atoms with Gasteiger partial charge in [-0.05, 0) is 50.1 Å². The molecule has 0 fully saturated rings. The van der Waals surface area contributed by atoms with E-state index in [1.54, 1.807) is 12.1 Å². The molecular formula is C16H18FN3S. The molecule has 21 heavy (non-hydrogen) atoms. The monoisotopic (exact) mass is 303 g/mol. The first-order valence-electron chi connectivity index (χ1n) is 6.74. The summed E-state index contributed by atoms with van der Waals surface area (Å²) in [5, 5.41) is 3.32. The van der Waals surface area contributed by atoms with Crippen molar-refractivity contribution in [2.24, 2.45) is 5.73 Å². The van der Waals surface area contributed by atoms with E-state index in [2.05, 4.69) is 10.3 Å². The van der Waals surface area contributed by atoms with Crippen LogP contribution in [0.4, 0.5) is 10.2 Å². The number of nitrogens with two attached hydrogens (primary N) is 1. The number of anilines is 1. The number of hydrogen-bond acceptors (Lipinski definition) is 3. The summed E-state index contributed by atoms with van der Waals surface area (Å²) in [5.74, 6) is 0.465. The maximum atomic E-state index is 12.9. The fourth-order valence-electron chi connectivity index (χ4n) is 2.12. The fraction of sp³-hybridized carbons (Fsp3) is 0.250. The molecule has 0 radical (unpaired) electrons. The number of benzene rings is 1. The Labute approximate surface area is 129 Å². The van der Waals surface area contributed by atoms with E-state index in [4.69, 9.17) is 18.0 Å². The van der Waals surface area contributed by atoms with Crippen LogP contribution in [0, 0.1) is 12.7 Å². The second-order valence-corrected chi connectivity index (χ2v) is 5.53. The Kier molecular flexibility index (Phi) is 4.85. The largest absolute Gasteiger partial charge is 0.389 e. The highest BCUT2D eigenvalue weighted by molar-refractivity contribution is 7.80. The van der Waals surface area contributed by atoms with E-state index in [9.17, 15) is 4.39 Å². The van der Waals surface area contributed by atoms with E-state index < -0.39 is 0 Å². The van der Waals surface area contributed by atoms with Crippen LogP contribution in [0.25, 0.3) is 0 Å². The number of thiocarbonyl (C=S) groups is 1. The summed E-state index contributed by atoms with van der Waals surface area (Å²) < 4.78 is 12.9. The predicted molar refractivity (Wildman–Crippen MR) is 88.1 cm³/mol. The Hall–Kier alpha value is -2.01. The summed E-state index contributed by atoms with van der Waals surface area (Å²) in [7, 11) is 0. The maximum Gasteiger partial charge on any atom is 0.136 e. The number of aromatic nitrogens is 1. The SMILES string of the molecule is Cc1ccc(C(N)=S)c(NC(C)Cc2ccc(F)cc2)n1. The van der Waals surface area contributed by atoms with Crippen LogP contribution in [0.2, 0.25) is 0 Å². The molecule has 0 saturated heterocycles. The van der Waals surface area contributed by atoms with Crippen LogP contribution in [0.15, 0.2) is 36.4 Å². The van der Waals surface area contributed by atoms with Crippen molar-refractivity contribution in [3.05, 3.63) is 59.0 Å². The smallest absolute Gasteiger partial charge is 0.136 e. The molecule has 0 aliphatic rings. The predicted octanol–water partition coefficient (Wildman–Crippen LogP) is 3.21.